The Bertz CT molecular complexity index is 2060. The molecule has 0 unspecified atom stereocenters. The number of aliphatic hydroxyl groups is 1. The van der Waals surface area contributed by atoms with E-state index in [1.165, 1.54) is 49.2 Å². The third-order valence-electron chi connectivity index (χ3n) is 9.84. The van der Waals surface area contributed by atoms with Crippen LogP contribution in [0.15, 0.2) is 83.8 Å². The smallest absolute Gasteiger partial charge is 0.410 e. The minimum Gasteiger partial charge on any atom is -0.444 e. The van der Waals surface area contributed by atoms with Crippen molar-refractivity contribution in [2.24, 2.45) is 0 Å². The number of fused-ring (bicyclic) bond motifs is 6. The van der Waals surface area contributed by atoms with Crippen molar-refractivity contribution in [2.45, 2.75) is 96.4 Å². The molecule has 288 valence electrons. The zero-order chi connectivity index (χ0) is 38.5. The van der Waals surface area contributed by atoms with Gasteiger partial charge >= 0.3 is 12.2 Å². The van der Waals surface area contributed by atoms with Crippen molar-refractivity contribution >= 4 is 45.8 Å². The van der Waals surface area contributed by atoms with Gasteiger partial charge in [0.15, 0.2) is 0 Å². The van der Waals surface area contributed by atoms with Crippen LogP contribution in [0.4, 0.5) is 9.59 Å². The van der Waals surface area contributed by atoms with E-state index < -0.39 is 11.2 Å². The predicted molar refractivity (Wildman–Crippen MR) is 219 cm³/mol. The number of rotatable bonds is 6. The fourth-order valence-corrected chi connectivity index (χ4v) is 8.44. The van der Waals surface area contributed by atoms with Crippen LogP contribution in [0.25, 0.3) is 21.8 Å². The summed E-state index contributed by atoms with van der Waals surface area (Å²) in [5.41, 5.74) is 6.82. The number of thioether (sulfide) groups is 1. The molecule has 2 aliphatic rings. The number of hydrogen-bond donors (Lipinski definition) is 1. The molecule has 10 heteroatoms. The molecule has 0 atom stereocenters. The first-order chi connectivity index (χ1) is 25.8. The van der Waals surface area contributed by atoms with E-state index in [2.05, 4.69) is 75.9 Å². The highest BCUT2D eigenvalue weighted by Gasteiger charge is 2.28. The van der Waals surface area contributed by atoms with Crippen molar-refractivity contribution in [3.63, 3.8) is 0 Å². The Morgan fingerprint density at radius 2 is 1.04 bits per heavy atom. The molecule has 0 saturated carbocycles. The molecule has 3 aromatic carbocycles. The van der Waals surface area contributed by atoms with Gasteiger partial charge in [-0.3, -0.25) is 0 Å². The predicted octanol–water partition coefficient (Wildman–Crippen LogP) is 8.74. The number of benzene rings is 3. The quantitative estimate of drug-likeness (QED) is 0.175. The Labute approximate surface area is 324 Å². The first kappa shape index (κ1) is 39.3. The number of para-hydroxylation sites is 2. The van der Waals surface area contributed by atoms with E-state index in [9.17, 15) is 14.7 Å². The fraction of sp³-hybridized carbons (Fsp3) is 0.455. The summed E-state index contributed by atoms with van der Waals surface area (Å²) in [6.07, 6.45) is 2.87. The van der Waals surface area contributed by atoms with E-state index >= 15 is 0 Å². The Morgan fingerprint density at radius 1 is 0.611 bits per heavy atom. The number of amides is 2. The van der Waals surface area contributed by atoms with E-state index in [0.29, 0.717) is 32.7 Å². The third kappa shape index (κ3) is 9.44. The normalized spacial score (nSPS) is 14.8. The molecule has 1 N–H and O–H groups in total. The first-order valence-electron chi connectivity index (χ1n) is 19.3. The van der Waals surface area contributed by atoms with Gasteiger partial charge in [-0.15, -0.1) is 11.8 Å². The number of nitrogens with zero attached hydrogens (tertiary/aromatic N) is 4. The number of aromatic nitrogens is 2. The summed E-state index contributed by atoms with van der Waals surface area (Å²) >= 11 is 1.89. The summed E-state index contributed by atoms with van der Waals surface area (Å²) in [5, 5.41) is 12.0. The van der Waals surface area contributed by atoms with Crippen molar-refractivity contribution < 1.29 is 24.2 Å². The van der Waals surface area contributed by atoms with Crippen LogP contribution in [0.5, 0.6) is 0 Å². The van der Waals surface area contributed by atoms with Crippen LogP contribution in [0.3, 0.4) is 0 Å². The van der Waals surface area contributed by atoms with Crippen LogP contribution in [-0.2, 0) is 48.2 Å². The molecule has 4 heterocycles. The lowest BCUT2D eigenvalue weighted by Crippen LogP contribution is -2.38. The highest BCUT2D eigenvalue weighted by Crippen LogP contribution is 2.32. The number of aliphatic hydroxyl groups excluding tert-OH is 1. The second kappa shape index (κ2) is 16.9. The summed E-state index contributed by atoms with van der Waals surface area (Å²) in [4.78, 5) is 29.9. The zero-order valence-electron chi connectivity index (χ0n) is 32.8. The molecule has 2 aliphatic heterocycles. The molecule has 5 aromatic rings. The summed E-state index contributed by atoms with van der Waals surface area (Å²) in [6.45, 7) is 15.8. The van der Waals surface area contributed by atoms with Gasteiger partial charge in [0.1, 0.15) is 11.2 Å². The molecular weight excluding hydrogens is 697 g/mol. The molecule has 0 saturated heterocycles. The summed E-state index contributed by atoms with van der Waals surface area (Å²) in [7, 11) is 0. The lowest BCUT2D eigenvalue weighted by molar-refractivity contribution is 0.0247. The van der Waals surface area contributed by atoms with Crippen LogP contribution in [0.2, 0.25) is 0 Å². The Hall–Kier alpha value is -4.41. The van der Waals surface area contributed by atoms with Gasteiger partial charge in [0, 0.05) is 96.0 Å². The van der Waals surface area contributed by atoms with Crippen LogP contribution >= 0.6 is 11.8 Å². The average Bonchev–Trinajstić information content (AvgIpc) is 3.34. The minimum atomic E-state index is -0.477. The monoisotopic (exact) mass is 752 g/mol. The fourth-order valence-electron chi connectivity index (χ4n) is 7.58. The Balaban J connectivity index is 0.000000189. The largest absolute Gasteiger partial charge is 0.444 e. The maximum absolute atomic E-state index is 12.6. The first-order valence-corrected chi connectivity index (χ1v) is 20.2. The molecule has 0 fully saturated rings. The van der Waals surface area contributed by atoms with Crippen molar-refractivity contribution in [3.05, 3.63) is 101 Å². The van der Waals surface area contributed by atoms with Gasteiger partial charge in [0.25, 0.3) is 0 Å². The number of aryl methyl sites for hydroxylation is 1. The van der Waals surface area contributed by atoms with Crippen LogP contribution in [0.1, 0.15) is 64.1 Å². The van der Waals surface area contributed by atoms with Gasteiger partial charge in [-0.2, -0.15) is 0 Å². The van der Waals surface area contributed by atoms with E-state index in [-0.39, 0.29) is 18.8 Å². The van der Waals surface area contributed by atoms with Crippen molar-refractivity contribution in [1.82, 2.24) is 18.9 Å². The van der Waals surface area contributed by atoms with Gasteiger partial charge in [0.05, 0.1) is 6.61 Å². The van der Waals surface area contributed by atoms with Crippen molar-refractivity contribution in [3.8, 4) is 0 Å². The standard InChI is InChI=1S/C25H30N2O2S.C19H26N2O3/c1-25(2,3)29-24(28)26-15-13-21-20-11-7-8-12-22(20)27(23(21)14-16-26)17-18-30-19-9-5-4-6-10-19;1-19(2,3)24-18(23)20-10-8-15-14-6-4-5-7-16(14)21(12-13-22)17(15)9-11-20/h4-12H,13-18H2,1-3H3;4-7,22H,8-13H2,1-3H3. The molecule has 2 aromatic heterocycles. The maximum atomic E-state index is 12.6. The minimum absolute atomic E-state index is 0.112. The molecule has 0 radical (unpaired) electrons. The molecule has 2 amide bonds. The van der Waals surface area contributed by atoms with E-state index in [0.717, 1.165) is 38.0 Å². The second-order valence-electron chi connectivity index (χ2n) is 16.0. The van der Waals surface area contributed by atoms with Gasteiger partial charge in [-0.05, 0) is 89.8 Å². The van der Waals surface area contributed by atoms with Gasteiger partial charge < -0.3 is 33.5 Å². The molecule has 54 heavy (non-hydrogen) atoms. The molecule has 9 nitrogen and oxygen atoms in total. The Kier molecular flexibility index (Phi) is 12.3. The van der Waals surface area contributed by atoms with Gasteiger partial charge in [-0.1, -0.05) is 54.6 Å². The number of ether oxygens (including phenoxy) is 2. The molecule has 0 aliphatic carbocycles. The van der Waals surface area contributed by atoms with Crippen molar-refractivity contribution in [1.29, 1.82) is 0 Å². The molecule has 0 bridgehead atoms. The Morgan fingerprint density at radius 3 is 1.50 bits per heavy atom. The highest BCUT2D eigenvalue weighted by atomic mass is 32.2. The zero-order valence-corrected chi connectivity index (χ0v) is 33.6. The van der Waals surface area contributed by atoms with E-state index in [4.69, 9.17) is 9.47 Å². The molecule has 0 spiro atoms. The number of carbonyl (C=O) groups is 2. The van der Waals surface area contributed by atoms with Crippen LogP contribution in [-0.4, -0.2) is 86.0 Å². The second-order valence-corrected chi connectivity index (χ2v) is 17.2. The van der Waals surface area contributed by atoms with E-state index in [1.807, 2.05) is 70.3 Å². The SMILES string of the molecule is CC(C)(C)OC(=O)N1CCc2c(n(CCO)c3ccccc23)CC1.CC(C)(C)OC(=O)N1CCc2c(n(CCSc3ccccc3)c3ccccc23)CC1. The third-order valence-corrected chi connectivity index (χ3v) is 10.8. The van der Waals surface area contributed by atoms with Gasteiger partial charge in [0.2, 0.25) is 0 Å². The summed E-state index contributed by atoms with van der Waals surface area (Å²) in [6, 6.07) is 27.5. The molecular formula is C44H56N4O5S. The topological polar surface area (TPSA) is 89.2 Å². The lowest BCUT2D eigenvalue weighted by Gasteiger charge is -2.26. The molecule has 7 rings (SSSR count). The number of carbonyl (C=O) groups excluding carboxylic acids is 2. The lowest BCUT2D eigenvalue weighted by atomic mass is 10.1. The summed E-state index contributed by atoms with van der Waals surface area (Å²) < 4.78 is 15.8. The van der Waals surface area contributed by atoms with Crippen molar-refractivity contribution in [2.75, 3.05) is 38.5 Å². The van der Waals surface area contributed by atoms with E-state index in [1.54, 1.807) is 4.90 Å². The number of hydrogen-bond acceptors (Lipinski definition) is 6. The summed E-state index contributed by atoms with van der Waals surface area (Å²) in [5.74, 6) is 1.02. The average molecular weight is 753 g/mol. The van der Waals surface area contributed by atoms with Crippen LogP contribution < -0.4 is 0 Å². The highest BCUT2D eigenvalue weighted by molar-refractivity contribution is 7.99. The van der Waals surface area contributed by atoms with Gasteiger partial charge in [-0.25, -0.2) is 9.59 Å². The maximum Gasteiger partial charge on any atom is 0.410 e. The van der Waals surface area contributed by atoms with Crippen LogP contribution in [0, 0.1) is 0 Å².